The standard InChI is InChI=1S/C14H22N2O/c1-9-8-10(2)12(4)14(11(9)3)16-13(17)6-7-15-5/h8,15H,6-7H2,1-5H3,(H,16,17). The molecule has 0 saturated carbocycles. The van der Waals surface area contributed by atoms with E-state index in [9.17, 15) is 4.79 Å². The van der Waals surface area contributed by atoms with Gasteiger partial charge >= 0.3 is 0 Å². The first kappa shape index (κ1) is 13.7. The van der Waals surface area contributed by atoms with Gasteiger partial charge in [0.25, 0.3) is 0 Å². The number of hydrogen-bond acceptors (Lipinski definition) is 2. The Bertz CT molecular complexity index is 398. The highest BCUT2D eigenvalue weighted by atomic mass is 16.1. The molecule has 0 saturated heterocycles. The molecular weight excluding hydrogens is 212 g/mol. The van der Waals surface area contributed by atoms with Gasteiger partial charge in [0.1, 0.15) is 0 Å². The second kappa shape index (κ2) is 5.82. The van der Waals surface area contributed by atoms with Crippen molar-refractivity contribution in [3.63, 3.8) is 0 Å². The minimum Gasteiger partial charge on any atom is -0.326 e. The normalized spacial score (nSPS) is 10.4. The van der Waals surface area contributed by atoms with Gasteiger partial charge in [-0.2, -0.15) is 0 Å². The predicted octanol–water partition coefficient (Wildman–Crippen LogP) is 2.47. The summed E-state index contributed by atoms with van der Waals surface area (Å²) in [5.74, 6) is 0.0653. The second-order valence-corrected chi connectivity index (χ2v) is 4.54. The Labute approximate surface area is 104 Å². The Balaban J connectivity index is 2.94. The number of carbonyl (C=O) groups is 1. The number of amides is 1. The smallest absolute Gasteiger partial charge is 0.225 e. The lowest BCUT2D eigenvalue weighted by atomic mass is 9.98. The van der Waals surface area contributed by atoms with Gasteiger partial charge in [-0.1, -0.05) is 6.07 Å². The van der Waals surface area contributed by atoms with E-state index in [4.69, 9.17) is 0 Å². The third-order valence-corrected chi connectivity index (χ3v) is 3.23. The van der Waals surface area contributed by atoms with Crippen molar-refractivity contribution in [2.75, 3.05) is 18.9 Å². The van der Waals surface area contributed by atoms with Crippen molar-refractivity contribution in [3.8, 4) is 0 Å². The van der Waals surface area contributed by atoms with E-state index in [1.165, 1.54) is 11.1 Å². The SMILES string of the molecule is CNCCC(=O)Nc1c(C)c(C)cc(C)c1C. The molecule has 1 amide bonds. The van der Waals surface area contributed by atoms with Crippen LogP contribution in [0.4, 0.5) is 5.69 Å². The highest BCUT2D eigenvalue weighted by Gasteiger charge is 2.10. The van der Waals surface area contributed by atoms with Gasteiger partial charge in [-0.15, -0.1) is 0 Å². The summed E-state index contributed by atoms with van der Waals surface area (Å²) >= 11 is 0. The molecule has 0 aliphatic rings. The number of hydrogen-bond donors (Lipinski definition) is 2. The fourth-order valence-electron chi connectivity index (χ4n) is 1.84. The van der Waals surface area contributed by atoms with E-state index < -0.39 is 0 Å². The fourth-order valence-corrected chi connectivity index (χ4v) is 1.84. The number of benzene rings is 1. The molecule has 0 unspecified atom stereocenters. The molecule has 17 heavy (non-hydrogen) atoms. The summed E-state index contributed by atoms with van der Waals surface area (Å²) in [5, 5.41) is 5.99. The predicted molar refractivity (Wildman–Crippen MR) is 72.6 cm³/mol. The molecular formula is C14H22N2O. The lowest BCUT2D eigenvalue weighted by molar-refractivity contribution is -0.116. The van der Waals surface area contributed by atoms with Gasteiger partial charge in [-0.25, -0.2) is 0 Å². The Hall–Kier alpha value is -1.35. The zero-order valence-corrected chi connectivity index (χ0v) is 11.4. The fraction of sp³-hybridized carbons (Fsp3) is 0.500. The number of aryl methyl sites for hydroxylation is 2. The summed E-state index contributed by atoms with van der Waals surface area (Å²) in [7, 11) is 1.85. The van der Waals surface area contributed by atoms with E-state index >= 15 is 0 Å². The molecule has 3 nitrogen and oxygen atoms in total. The van der Waals surface area contributed by atoms with Crippen molar-refractivity contribution < 1.29 is 4.79 Å². The zero-order valence-electron chi connectivity index (χ0n) is 11.4. The van der Waals surface area contributed by atoms with Gasteiger partial charge in [0.05, 0.1) is 0 Å². The summed E-state index contributed by atoms with van der Waals surface area (Å²) in [6, 6.07) is 2.16. The molecule has 0 radical (unpaired) electrons. The molecule has 0 aliphatic carbocycles. The Kier molecular flexibility index (Phi) is 4.70. The topological polar surface area (TPSA) is 41.1 Å². The van der Waals surface area contributed by atoms with Crippen LogP contribution in [0.3, 0.4) is 0 Å². The molecule has 0 fully saturated rings. The van der Waals surface area contributed by atoms with Crippen molar-refractivity contribution in [3.05, 3.63) is 28.3 Å². The maximum atomic E-state index is 11.7. The first-order valence-corrected chi connectivity index (χ1v) is 5.99. The summed E-state index contributed by atoms with van der Waals surface area (Å²) in [5.41, 5.74) is 5.73. The highest BCUT2D eigenvalue weighted by Crippen LogP contribution is 2.26. The summed E-state index contributed by atoms with van der Waals surface area (Å²) in [4.78, 5) is 11.7. The van der Waals surface area contributed by atoms with Crippen molar-refractivity contribution in [1.82, 2.24) is 5.32 Å². The molecule has 1 rings (SSSR count). The molecule has 0 atom stereocenters. The van der Waals surface area contributed by atoms with Crippen molar-refractivity contribution in [2.45, 2.75) is 34.1 Å². The van der Waals surface area contributed by atoms with Gasteiger partial charge in [0, 0.05) is 18.7 Å². The van der Waals surface area contributed by atoms with E-state index in [1.54, 1.807) is 0 Å². The lowest BCUT2D eigenvalue weighted by Gasteiger charge is -2.16. The van der Waals surface area contributed by atoms with Crippen molar-refractivity contribution >= 4 is 11.6 Å². The molecule has 94 valence electrons. The van der Waals surface area contributed by atoms with Gasteiger partial charge < -0.3 is 10.6 Å². The molecule has 0 aromatic heterocycles. The summed E-state index contributed by atoms with van der Waals surface area (Å²) in [6.45, 7) is 8.95. The Morgan fingerprint density at radius 1 is 1.12 bits per heavy atom. The van der Waals surface area contributed by atoms with Crippen molar-refractivity contribution in [1.29, 1.82) is 0 Å². The van der Waals surface area contributed by atoms with Crippen LogP contribution in [0.25, 0.3) is 0 Å². The van der Waals surface area contributed by atoms with Crippen LogP contribution in [-0.4, -0.2) is 19.5 Å². The Morgan fingerprint density at radius 3 is 2.12 bits per heavy atom. The average molecular weight is 234 g/mol. The van der Waals surface area contributed by atoms with Crippen LogP contribution >= 0.6 is 0 Å². The van der Waals surface area contributed by atoms with E-state index in [0.29, 0.717) is 13.0 Å². The number of rotatable bonds is 4. The van der Waals surface area contributed by atoms with Gasteiger partial charge in [-0.3, -0.25) is 4.79 Å². The highest BCUT2D eigenvalue weighted by molar-refractivity contribution is 5.92. The van der Waals surface area contributed by atoms with Crippen LogP contribution in [0.15, 0.2) is 6.07 Å². The van der Waals surface area contributed by atoms with Crippen LogP contribution in [-0.2, 0) is 4.79 Å². The zero-order chi connectivity index (χ0) is 13.0. The average Bonchev–Trinajstić information content (AvgIpc) is 2.29. The second-order valence-electron chi connectivity index (χ2n) is 4.54. The molecule has 3 heteroatoms. The monoisotopic (exact) mass is 234 g/mol. The molecule has 1 aromatic carbocycles. The molecule has 0 aliphatic heterocycles. The minimum absolute atomic E-state index is 0.0653. The molecule has 0 heterocycles. The molecule has 2 N–H and O–H groups in total. The van der Waals surface area contributed by atoms with Crippen LogP contribution in [0.2, 0.25) is 0 Å². The largest absolute Gasteiger partial charge is 0.326 e. The number of nitrogens with one attached hydrogen (secondary N) is 2. The van der Waals surface area contributed by atoms with E-state index in [2.05, 4.69) is 44.4 Å². The lowest BCUT2D eigenvalue weighted by Crippen LogP contribution is -2.20. The first-order chi connectivity index (χ1) is 7.97. The quantitative estimate of drug-likeness (QED) is 0.840. The van der Waals surface area contributed by atoms with E-state index in [1.807, 2.05) is 7.05 Å². The van der Waals surface area contributed by atoms with Crippen LogP contribution in [0.5, 0.6) is 0 Å². The van der Waals surface area contributed by atoms with Crippen LogP contribution in [0, 0.1) is 27.7 Å². The van der Waals surface area contributed by atoms with Crippen LogP contribution in [0.1, 0.15) is 28.7 Å². The minimum atomic E-state index is 0.0653. The van der Waals surface area contributed by atoms with E-state index in [0.717, 1.165) is 16.8 Å². The number of anilines is 1. The van der Waals surface area contributed by atoms with E-state index in [-0.39, 0.29) is 5.91 Å². The molecule has 0 spiro atoms. The number of carbonyl (C=O) groups excluding carboxylic acids is 1. The Morgan fingerprint density at radius 2 is 1.65 bits per heavy atom. The molecule has 1 aromatic rings. The summed E-state index contributed by atoms with van der Waals surface area (Å²) < 4.78 is 0. The first-order valence-electron chi connectivity index (χ1n) is 5.99. The van der Waals surface area contributed by atoms with Gasteiger partial charge in [-0.05, 0) is 57.0 Å². The summed E-state index contributed by atoms with van der Waals surface area (Å²) in [6.07, 6.45) is 0.502. The maximum absolute atomic E-state index is 11.7. The van der Waals surface area contributed by atoms with Crippen molar-refractivity contribution in [2.24, 2.45) is 0 Å². The molecule has 0 bridgehead atoms. The van der Waals surface area contributed by atoms with Gasteiger partial charge in [0.15, 0.2) is 0 Å². The third-order valence-electron chi connectivity index (χ3n) is 3.23. The van der Waals surface area contributed by atoms with Crippen LogP contribution < -0.4 is 10.6 Å². The maximum Gasteiger partial charge on any atom is 0.225 e. The third kappa shape index (κ3) is 3.30. The van der Waals surface area contributed by atoms with Gasteiger partial charge in [0.2, 0.25) is 5.91 Å².